The smallest absolute Gasteiger partial charge is 0.409 e. The molecule has 0 bridgehead atoms. The quantitative estimate of drug-likeness (QED) is 0.463. The minimum Gasteiger partial charge on any atom is -0.415 e. The molecule has 0 atom stereocenters. The average Bonchev–Trinajstić information content (AvgIpc) is 1.93. The molecular formula is C7H4BClO2. The van der Waals surface area contributed by atoms with Crippen LogP contribution in [-0.2, 0) is 0 Å². The number of benzene rings is 1. The maximum absolute atomic E-state index is 10.2. The Balaban J connectivity index is 2.74. The van der Waals surface area contributed by atoms with Gasteiger partial charge in [0.25, 0.3) is 0 Å². The van der Waals surface area contributed by atoms with Crippen LogP contribution in [0.5, 0.6) is 5.75 Å². The van der Waals surface area contributed by atoms with Crippen molar-refractivity contribution < 1.29 is 9.53 Å². The Morgan fingerprint density at radius 3 is 2.36 bits per heavy atom. The van der Waals surface area contributed by atoms with Crippen LogP contribution in [0.3, 0.4) is 0 Å². The molecule has 1 aromatic rings. The van der Waals surface area contributed by atoms with Gasteiger partial charge in [-0.15, -0.1) is 0 Å². The largest absolute Gasteiger partial charge is 0.415 e. The SMILES string of the molecule is [B]c1ccc(OC(=O)Cl)cc1. The Bertz CT molecular complexity index is 258. The molecule has 0 saturated heterocycles. The molecule has 4 heteroatoms. The number of hydrogen-bond donors (Lipinski definition) is 0. The Morgan fingerprint density at radius 1 is 1.36 bits per heavy atom. The molecule has 2 radical (unpaired) electrons. The van der Waals surface area contributed by atoms with Crippen molar-refractivity contribution in [1.29, 1.82) is 0 Å². The molecule has 0 saturated carbocycles. The van der Waals surface area contributed by atoms with E-state index in [1.165, 1.54) is 0 Å². The van der Waals surface area contributed by atoms with E-state index in [1.54, 1.807) is 24.3 Å². The second-order valence-corrected chi connectivity index (χ2v) is 2.22. The molecule has 0 fully saturated rings. The van der Waals surface area contributed by atoms with E-state index in [-0.39, 0.29) is 0 Å². The van der Waals surface area contributed by atoms with Gasteiger partial charge in [-0.2, -0.15) is 0 Å². The summed E-state index contributed by atoms with van der Waals surface area (Å²) in [6, 6.07) is 6.37. The summed E-state index contributed by atoms with van der Waals surface area (Å²) >= 11 is 4.96. The number of rotatable bonds is 1. The second kappa shape index (κ2) is 3.44. The number of halogens is 1. The van der Waals surface area contributed by atoms with Crippen LogP contribution in [0.15, 0.2) is 24.3 Å². The van der Waals surface area contributed by atoms with Gasteiger partial charge < -0.3 is 4.74 Å². The van der Waals surface area contributed by atoms with Crippen molar-refractivity contribution in [1.82, 2.24) is 0 Å². The lowest BCUT2D eigenvalue weighted by Gasteiger charge is -1.98. The molecule has 0 aliphatic carbocycles. The van der Waals surface area contributed by atoms with E-state index in [4.69, 9.17) is 19.4 Å². The molecule has 0 amide bonds. The van der Waals surface area contributed by atoms with Crippen LogP contribution in [0.4, 0.5) is 4.79 Å². The van der Waals surface area contributed by atoms with Gasteiger partial charge in [-0.1, -0.05) is 17.6 Å². The molecule has 54 valence electrons. The minimum absolute atomic E-state index is 0.388. The molecular weight excluding hydrogens is 162 g/mol. The van der Waals surface area contributed by atoms with Gasteiger partial charge in [-0.25, -0.2) is 4.79 Å². The third-order valence-electron chi connectivity index (χ3n) is 1.08. The van der Waals surface area contributed by atoms with Gasteiger partial charge in [0.1, 0.15) is 13.6 Å². The monoisotopic (exact) mass is 166 g/mol. The first-order valence-electron chi connectivity index (χ1n) is 2.91. The lowest BCUT2D eigenvalue weighted by molar-refractivity contribution is 0.225. The molecule has 1 aromatic carbocycles. The van der Waals surface area contributed by atoms with Crippen LogP contribution in [-0.4, -0.2) is 13.3 Å². The fourth-order valence-corrected chi connectivity index (χ4v) is 0.718. The Labute approximate surface area is 70.5 Å². The Kier molecular flexibility index (Phi) is 2.55. The van der Waals surface area contributed by atoms with E-state index in [0.29, 0.717) is 11.2 Å². The summed E-state index contributed by atoms with van der Waals surface area (Å²) in [6.45, 7) is 0. The van der Waals surface area contributed by atoms with Gasteiger partial charge in [-0.05, 0) is 12.1 Å². The Hall–Kier alpha value is -0.955. The summed E-state index contributed by atoms with van der Waals surface area (Å²) < 4.78 is 4.54. The highest BCUT2D eigenvalue weighted by atomic mass is 35.5. The third kappa shape index (κ3) is 2.64. The van der Waals surface area contributed by atoms with Crippen LogP contribution in [0, 0.1) is 0 Å². The third-order valence-corrected chi connectivity index (χ3v) is 1.16. The zero-order valence-corrected chi connectivity index (χ0v) is 6.34. The van der Waals surface area contributed by atoms with Crippen LogP contribution in [0.25, 0.3) is 0 Å². The van der Waals surface area contributed by atoms with E-state index in [9.17, 15) is 4.79 Å². The van der Waals surface area contributed by atoms with Gasteiger partial charge >= 0.3 is 5.43 Å². The predicted molar refractivity (Wildman–Crippen MR) is 43.7 cm³/mol. The lowest BCUT2D eigenvalue weighted by Crippen LogP contribution is -2.01. The van der Waals surface area contributed by atoms with E-state index < -0.39 is 5.43 Å². The lowest BCUT2D eigenvalue weighted by atomic mass is 9.97. The molecule has 11 heavy (non-hydrogen) atoms. The van der Waals surface area contributed by atoms with E-state index in [0.717, 1.165) is 0 Å². The summed E-state index contributed by atoms with van der Waals surface area (Å²) in [5, 5.41) is 0. The van der Waals surface area contributed by atoms with Gasteiger partial charge in [0.05, 0.1) is 0 Å². The van der Waals surface area contributed by atoms with Gasteiger partial charge in [0.15, 0.2) is 0 Å². The minimum atomic E-state index is -0.852. The van der Waals surface area contributed by atoms with Crippen molar-refractivity contribution in [2.75, 3.05) is 0 Å². The summed E-state index contributed by atoms with van der Waals surface area (Å²) in [7, 11) is 5.38. The van der Waals surface area contributed by atoms with Gasteiger partial charge in [0.2, 0.25) is 0 Å². The fraction of sp³-hybridized carbons (Fsp3) is 0. The molecule has 1 rings (SSSR count). The Morgan fingerprint density at radius 2 is 1.91 bits per heavy atom. The maximum atomic E-state index is 10.2. The molecule has 0 aliphatic rings. The topological polar surface area (TPSA) is 26.3 Å². The molecule has 0 heterocycles. The maximum Gasteiger partial charge on any atom is 0.409 e. The molecule has 0 N–H and O–H groups in total. The number of ether oxygens (including phenoxy) is 1. The van der Waals surface area contributed by atoms with Crippen molar-refractivity contribution in [3.05, 3.63) is 24.3 Å². The van der Waals surface area contributed by atoms with Gasteiger partial charge in [-0.3, -0.25) is 0 Å². The van der Waals surface area contributed by atoms with Crippen molar-refractivity contribution in [2.24, 2.45) is 0 Å². The first kappa shape index (κ1) is 8.14. The zero-order valence-electron chi connectivity index (χ0n) is 5.58. The fourth-order valence-electron chi connectivity index (χ4n) is 0.629. The molecule has 0 aromatic heterocycles. The normalized spacial score (nSPS) is 9.18. The molecule has 0 aliphatic heterocycles. The van der Waals surface area contributed by atoms with Crippen molar-refractivity contribution >= 4 is 30.3 Å². The predicted octanol–water partition coefficient (Wildman–Crippen LogP) is 1.22. The standard InChI is InChI=1S/C7H4BClO2/c8-5-1-3-6(4-2-5)11-7(9)10/h1-4H. The van der Waals surface area contributed by atoms with Crippen LogP contribution in [0.2, 0.25) is 0 Å². The average molecular weight is 166 g/mol. The molecule has 0 unspecified atom stereocenters. The number of carbonyl (C=O) groups excluding carboxylic acids is 1. The van der Waals surface area contributed by atoms with Crippen molar-refractivity contribution in [2.45, 2.75) is 0 Å². The van der Waals surface area contributed by atoms with Crippen LogP contribution in [0.1, 0.15) is 0 Å². The highest BCUT2D eigenvalue weighted by Gasteiger charge is 1.97. The second-order valence-electron chi connectivity index (χ2n) is 1.91. The van der Waals surface area contributed by atoms with Crippen LogP contribution >= 0.6 is 11.6 Å². The first-order chi connectivity index (χ1) is 5.18. The number of hydrogen-bond acceptors (Lipinski definition) is 2. The number of carbonyl (C=O) groups is 1. The highest BCUT2D eigenvalue weighted by molar-refractivity contribution is 6.61. The highest BCUT2D eigenvalue weighted by Crippen LogP contribution is 2.08. The van der Waals surface area contributed by atoms with Gasteiger partial charge in [0, 0.05) is 11.6 Å². The molecule has 2 nitrogen and oxygen atoms in total. The van der Waals surface area contributed by atoms with E-state index in [1.807, 2.05) is 0 Å². The van der Waals surface area contributed by atoms with Crippen molar-refractivity contribution in [3.8, 4) is 5.75 Å². The van der Waals surface area contributed by atoms with Crippen LogP contribution < -0.4 is 10.2 Å². The zero-order chi connectivity index (χ0) is 8.27. The summed E-state index contributed by atoms with van der Waals surface area (Å²) in [6.07, 6.45) is 0. The summed E-state index contributed by atoms with van der Waals surface area (Å²) in [5.74, 6) is 0.388. The summed E-state index contributed by atoms with van der Waals surface area (Å²) in [4.78, 5) is 10.2. The van der Waals surface area contributed by atoms with Crippen molar-refractivity contribution in [3.63, 3.8) is 0 Å². The molecule has 0 spiro atoms. The van der Waals surface area contributed by atoms with E-state index in [2.05, 4.69) is 4.74 Å². The van der Waals surface area contributed by atoms with E-state index >= 15 is 0 Å². The first-order valence-corrected chi connectivity index (χ1v) is 3.29. The summed E-state index contributed by atoms with van der Waals surface area (Å²) in [5.41, 5.74) is -0.242.